The van der Waals surface area contributed by atoms with Crippen molar-refractivity contribution in [1.82, 2.24) is 0 Å². The highest BCUT2D eigenvalue weighted by atomic mass is 14.6. The van der Waals surface area contributed by atoms with Gasteiger partial charge in [-0.05, 0) is 199 Å². The summed E-state index contributed by atoms with van der Waals surface area (Å²) in [5.41, 5.74) is 11.4. The molecule has 5 aliphatic carbocycles. The Labute approximate surface area is 369 Å². The molecule has 5 aliphatic rings. The summed E-state index contributed by atoms with van der Waals surface area (Å²) in [5.74, 6) is 9.45. The van der Waals surface area contributed by atoms with Crippen LogP contribution in [0.2, 0.25) is 0 Å². The maximum absolute atomic E-state index is 2.64. The van der Waals surface area contributed by atoms with Crippen molar-refractivity contribution in [2.45, 2.75) is 133 Å². The molecule has 0 nitrogen and oxygen atoms in total. The quantitative estimate of drug-likeness (QED) is 0.0822. The number of fused-ring (bicyclic) bond motifs is 7. The molecule has 2 saturated carbocycles. The fourth-order valence-electron chi connectivity index (χ4n) is 14.9. The van der Waals surface area contributed by atoms with E-state index in [1.54, 1.807) is 27.8 Å². The van der Waals surface area contributed by atoms with E-state index in [1.807, 2.05) is 0 Å². The van der Waals surface area contributed by atoms with Crippen molar-refractivity contribution in [2.75, 3.05) is 0 Å². The van der Waals surface area contributed by atoms with E-state index in [4.69, 9.17) is 0 Å². The van der Waals surface area contributed by atoms with E-state index in [1.165, 1.54) is 94.6 Å². The van der Waals surface area contributed by atoms with Crippen molar-refractivity contribution in [3.8, 4) is 0 Å². The molecule has 2 bridgehead atoms. The molecule has 0 radical (unpaired) electrons. The van der Waals surface area contributed by atoms with Crippen molar-refractivity contribution in [3.63, 3.8) is 0 Å². The first-order valence-electron chi connectivity index (χ1n) is 24.9. The lowest BCUT2D eigenvalue weighted by Crippen LogP contribution is -2.26. The van der Waals surface area contributed by atoms with Crippen LogP contribution in [0.25, 0.3) is 0 Å². The van der Waals surface area contributed by atoms with Gasteiger partial charge in [0, 0.05) is 0 Å². The van der Waals surface area contributed by atoms with Crippen LogP contribution < -0.4 is 0 Å². The standard InChI is InChI=1S/C61H72/c1-4-43(44-18-8-5-9-19-44)32-34-61(3,53-24-12-7-13-25-53)35-33-46(45-20-10-6-11-21-45)30-31-56-51(38-47-22-14-16-26-54(47)56)41-58-52(39-48-23-15-17-27-55(48)58)40-57-42(2)36-59-49-28-29-50(37-49)60(57)59/h5-29,42-43,46,49-52,56-60H,4,30-41H2,1-3H3. The van der Waals surface area contributed by atoms with Crippen LogP contribution in [0, 0.1) is 47.3 Å². The molecule has 10 rings (SSSR count). The zero-order chi connectivity index (χ0) is 41.3. The van der Waals surface area contributed by atoms with Crippen molar-refractivity contribution >= 4 is 0 Å². The monoisotopic (exact) mass is 805 g/mol. The summed E-state index contributed by atoms with van der Waals surface area (Å²) in [6.07, 6.45) is 22.2. The van der Waals surface area contributed by atoms with Gasteiger partial charge < -0.3 is 0 Å². The van der Waals surface area contributed by atoms with Crippen LogP contribution >= 0.6 is 0 Å². The molecule has 0 heterocycles. The molecule has 5 aromatic rings. The normalized spacial score (nSPS) is 30.1. The number of hydrogen-bond donors (Lipinski definition) is 0. The Bertz CT molecular complexity index is 2220. The smallest absolute Gasteiger partial charge is 0.00748 e. The Kier molecular flexibility index (Phi) is 12.0. The molecule has 5 aromatic carbocycles. The molecule has 0 heteroatoms. The second kappa shape index (κ2) is 17.9. The largest absolute Gasteiger partial charge is 0.0848 e. The molecule has 0 aliphatic heterocycles. The molecule has 13 atom stereocenters. The number of rotatable bonds is 17. The SMILES string of the molecule is CCC(CCC(C)(CCC(CCC1c2ccccc2CC1CC1c2ccccc2CC1CC1C(C)CC2C3C=CC(C3)C12)c1ccccc1)c1ccccc1)c1ccccc1. The van der Waals surface area contributed by atoms with Gasteiger partial charge in [-0.15, -0.1) is 0 Å². The summed E-state index contributed by atoms with van der Waals surface area (Å²) >= 11 is 0. The third kappa shape index (κ3) is 8.28. The van der Waals surface area contributed by atoms with Crippen LogP contribution in [0.5, 0.6) is 0 Å². The van der Waals surface area contributed by atoms with Crippen molar-refractivity contribution in [1.29, 1.82) is 0 Å². The zero-order valence-corrected chi connectivity index (χ0v) is 37.6. The zero-order valence-electron chi connectivity index (χ0n) is 37.6. The molecular formula is C61H72. The molecule has 0 amide bonds. The average Bonchev–Trinajstić information content (AvgIpc) is 4.14. The fraction of sp³-hybridized carbons (Fsp3) is 0.475. The number of benzene rings is 5. The van der Waals surface area contributed by atoms with Gasteiger partial charge in [0.25, 0.3) is 0 Å². The molecular weight excluding hydrogens is 733 g/mol. The van der Waals surface area contributed by atoms with Gasteiger partial charge in [-0.1, -0.05) is 172 Å². The van der Waals surface area contributed by atoms with Gasteiger partial charge in [-0.3, -0.25) is 0 Å². The van der Waals surface area contributed by atoms with Gasteiger partial charge in [0.2, 0.25) is 0 Å². The minimum absolute atomic E-state index is 0.134. The summed E-state index contributed by atoms with van der Waals surface area (Å²) in [6, 6.07) is 53.8. The highest BCUT2D eigenvalue weighted by Gasteiger charge is 2.54. The molecule has 61 heavy (non-hydrogen) atoms. The predicted octanol–water partition coefficient (Wildman–Crippen LogP) is 16.0. The van der Waals surface area contributed by atoms with Gasteiger partial charge in [-0.2, -0.15) is 0 Å². The van der Waals surface area contributed by atoms with E-state index in [9.17, 15) is 0 Å². The van der Waals surface area contributed by atoms with Crippen molar-refractivity contribution in [3.05, 3.63) is 191 Å². The van der Waals surface area contributed by atoms with Crippen molar-refractivity contribution < 1.29 is 0 Å². The highest BCUT2D eigenvalue weighted by molar-refractivity contribution is 5.40. The van der Waals surface area contributed by atoms with E-state index in [-0.39, 0.29) is 5.41 Å². The molecule has 316 valence electrons. The summed E-state index contributed by atoms with van der Waals surface area (Å²) < 4.78 is 0. The molecule has 0 N–H and O–H groups in total. The van der Waals surface area contributed by atoms with E-state index >= 15 is 0 Å². The Balaban J connectivity index is 0.886. The Morgan fingerprint density at radius 2 is 1.10 bits per heavy atom. The van der Waals surface area contributed by atoms with E-state index < -0.39 is 0 Å². The lowest BCUT2D eigenvalue weighted by Gasteiger charge is -2.35. The lowest BCUT2D eigenvalue weighted by molar-refractivity contribution is 0.198. The van der Waals surface area contributed by atoms with Crippen LogP contribution in [-0.4, -0.2) is 0 Å². The predicted molar refractivity (Wildman–Crippen MR) is 257 cm³/mol. The highest BCUT2D eigenvalue weighted by Crippen LogP contribution is 2.62. The van der Waals surface area contributed by atoms with Gasteiger partial charge in [0.05, 0.1) is 0 Å². The molecule has 0 saturated heterocycles. The fourth-order valence-corrected chi connectivity index (χ4v) is 14.9. The maximum Gasteiger partial charge on any atom is -0.00748 e. The van der Waals surface area contributed by atoms with E-state index in [2.05, 4.69) is 172 Å². The molecule has 13 unspecified atom stereocenters. The van der Waals surface area contributed by atoms with Crippen LogP contribution in [0.15, 0.2) is 152 Å². The van der Waals surface area contributed by atoms with Gasteiger partial charge in [-0.25, -0.2) is 0 Å². The third-order valence-corrected chi connectivity index (χ3v) is 18.1. The molecule has 2 fully saturated rings. The third-order valence-electron chi connectivity index (χ3n) is 18.1. The summed E-state index contributed by atoms with van der Waals surface area (Å²) in [6.45, 7) is 7.59. The summed E-state index contributed by atoms with van der Waals surface area (Å²) in [5, 5.41) is 0. The topological polar surface area (TPSA) is 0 Å². The first-order valence-corrected chi connectivity index (χ1v) is 24.9. The van der Waals surface area contributed by atoms with Crippen molar-refractivity contribution in [2.24, 2.45) is 47.3 Å². The first kappa shape index (κ1) is 40.9. The number of allylic oxidation sites excluding steroid dienone is 2. The molecule has 0 aromatic heterocycles. The van der Waals surface area contributed by atoms with Crippen LogP contribution in [0.4, 0.5) is 0 Å². The summed E-state index contributed by atoms with van der Waals surface area (Å²) in [7, 11) is 0. The Hall–Kier alpha value is -4.16. The first-order chi connectivity index (χ1) is 30.0. The second-order valence-corrected chi connectivity index (χ2v) is 21.3. The maximum atomic E-state index is 2.64. The summed E-state index contributed by atoms with van der Waals surface area (Å²) in [4.78, 5) is 0. The van der Waals surface area contributed by atoms with Gasteiger partial charge in [0.1, 0.15) is 0 Å². The van der Waals surface area contributed by atoms with Crippen LogP contribution in [0.3, 0.4) is 0 Å². The Morgan fingerprint density at radius 3 is 1.75 bits per heavy atom. The lowest BCUT2D eigenvalue weighted by atomic mass is 9.70. The minimum atomic E-state index is 0.134. The second-order valence-electron chi connectivity index (χ2n) is 21.3. The van der Waals surface area contributed by atoms with Gasteiger partial charge in [0.15, 0.2) is 0 Å². The average molecular weight is 805 g/mol. The van der Waals surface area contributed by atoms with Crippen LogP contribution in [-0.2, 0) is 18.3 Å². The molecule has 0 spiro atoms. The minimum Gasteiger partial charge on any atom is -0.0848 e. The number of hydrogen-bond acceptors (Lipinski definition) is 0. The van der Waals surface area contributed by atoms with E-state index in [0.29, 0.717) is 29.6 Å². The van der Waals surface area contributed by atoms with Crippen LogP contribution in [0.1, 0.15) is 154 Å². The van der Waals surface area contributed by atoms with Gasteiger partial charge >= 0.3 is 0 Å². The Morgan fingerprint density at radius 1 is 0.557 bits per heavy atom. The van der Waals surface area contributed by atoms with E-state index in [0.717, 1.165) is 41.4 Å².